The first-order chi connectivity index (χ1) is 5.36. The summed E-state index contributed by atoms with van der Waals surface area (Å²) in [5.41, 5.74) is 0. The number of hydrogen-bond acceptors (Lipinski definition) is 2. The van der Waals surface area contributed by atoms with Crippen LogP contribution < -0.4 is 0 Å². The molecule has 63 valence electrons. The molecular formula is C8H14NO2. The maximum Gasteiger partial charge on any atom is 0.0954 e. The molecule has 0 bridgehead atoms. The lowest BCUT2D eigenvalue weighted by atomic mass is 10.1. The molecule has 2 rings (SSSR count). The molecule has 0 amide bonds. The van der Waals surface area contributed by atoms with Gasteiger partial charge >= 0.3 is 0 Å². The monoisotopic (exact) mass is 156 g/mol. The molecule has 0 spiro atoms. The van der Waals surface area contributed by atoms with Gasteiger partial charge < -0.3 is 4.74 Å². The molecule has 3 nitrogen and oxygen atoms in total. The van der Waals surface area contributed by atoms with E-state index in [0.29, 0.717) is 6.04 Å². The highest BCUT2D eigenvalue weighted by Crippen LogP contribution is 2.17. The van der Waals surface area contributed by atoms with Gasteiger partial charge in [0.15, 0.2) is 0 Å². The predicted molar refractivity (Wildman–Crippen MR) is 39.9 cm³/mol. The molecule has 11 heavy (non-hydrogen) atoms. The number of hydrogen-bond donors (Lipinski definition) is 0. The van der Waals surface area contributed by atoms with Gasteiger partial charge in [0.1, 0.15) is 0 Å². The van der Waals surface area contributed by atoms with Crippen LogP contribution in [0.3, 0.4) is 0 Å². The number of nitrogens with zero attached hydrogens (tertiary/aromatic N) is 1. The van der Waals surface area contributed by atoms with Gasteiger partial charge in [0.2, 0.25) is 0 Å². The van der Waals surface area contributed by atoms with E-state index in [1.807, 2.05) is 0 Å². The lowest BCUT2D eigenvalue weighted by Crippen LogP contribution is -2.52. The molecule has 2 saturated heterocycles. The van der Waals surface area contributed by atoms with E-state index in [0.717, 1.165) is 39.1 Å². The zero-order chi connectivity index (χ0) is 7.68. The molecule has 0 N–H and O–H groups in total. The van der Waals surface area contributed by atoms with Crippen LogP contribution in [0.15, 0.2) is 0 Å². The molecule has 1 radical (unpaired) electrons. The van der Waals surface area contributed by atoms with E-state index in [4.69, 9.17) is 4.74 Å². The predicted octanol–water partition coefficient (Wildman–Crippen LogP) is 0.280. The average Bonchev–Trinajstić information content (AvgIpc) is 1.90. The molecular weight excluding hydrogens is 142 g/mol. The Bertz CT molecular complexity index is 128. The number of rotatable bonds is 1. The van der Waals surface area contributed by atoms with Gasteiger partial charge in [0, 0.05) is 13.1 Å². The second-order valence-electron chi connectivity index (χ2n) is 3.43. The van der Waals surface area contributed by atoms with Crippen LogP contribution in [0.5, 0.6) is 0 Å². The van der Waals surface area contributed by atoms with Crippen LogP contribution in [0.2, 0.25) is 0 Å². The van der Waals surface area contributed by atoms with Gasteiger partial charge in [-0.15, -0.1) is 0 Å². The molecule has 0 saturated carbocycles. The van der Waals surface area contributed by atoms with Gasteiger partial charge in [-0.1, -0.05) is 0 Å². The Balaban J connectivity index is 1.77. The summed E-state index contributed by atoms with van der Waals surface area (Å²) in [7, 11) is 0. The Hall–Kier alpha value is -0.120. The second kappa shape index (κ2) is 3.09. The van der Waals surface area contributed by atoms with Crippen molar-refractivity contribution in [2.45, 2.75) is 25.0 Å². The summed E-state index contributed by atoms with van der Waals surface area (Å²) in [5.74, 6) is 0. The lowest BCUT2D eigenvalue weighted by molar-refractivity contribution is -0.0852. The molecule has 2 aliphatic rings. The SMILES string of the molecule is [O]C1CCN(C2COC2)CC1. The van der Waals surface area contributed by atoms with E-state index in [2.05, 4.69) is 4.90 Å². The maximum absolute atomic E-state index is 11.0. The Morgan fingerprint density at radius 1 is 1.18 bits per heavy atom. The zero-order valence-corrected chi connectivity index (χ0v) is 6.66. The Morgan fingerprint density at radius 3 is 2.27 bits per heavy atom. The first-order valence-corrected chi connectivity index (χ1v) is 4.34. The third kappa shape index (κ3) is 1.55. The number of piperidine rings is 1. The van der Waals surface area contributed by atoms with Crippen molar-refractivity contribution in [1.29, 1.82) is 0 Å². The van der Waals surface area contributed by atoms with E-state index >= 15 is 0 Å². The highest BCUT2D eigenvalue weighted by molar-refractivity contribution is 4.81. The van der Waals surface area contributed by atoms with Crippen molar-refractivity contribution in [3.05, 3.63) is 0 Å². The summed E-state index contributed by atoms with van der Waals surface area (Å²) >= 11 is 0. The van der Waals surface area contributed by atoms with Crippen molar-refractivity contribution in [2.75, 3.05) is 26.3 Å². The summed E-state index contributed by atoms with van der Waals surface area (Å²) in [6, 6.07) is 0.627. The molecule has 2 aliphatic heterocycles. The minimum atomic E-state index is -0.299. The van der Waals surface area contributed by atoms with Crippen LogP contribution in [0.4, 0.5) is 0 Å². The normalized spacial score (nSPS) is 30.3. The summed E-state index contributed by atoms with van der Waals surface area (Å²) in [5, 5.41) is 11.0. The maximum atomic E-state index is 11.0. The molecule has 0 aromatic carbocycles. The third-order valence-corrected chi connectivity index (χ3v) is 2.61. The fourth-order valence-electron chi connectivity index (χ4n) is 1.67. The molecule has 0 atom stereocenters. The Morgan fingerprint density at radius 2 is 1.82 bits per heavy atom. The van der Waals surface area contributed by atoms with E-state index in [1.54, 1.807) is 0 Å². The highest BCUT2D eigenvalue weighted by atomic mass is 16.5. The zero-order valence-electron chi connectivity index (χ0n) is 6.66. The van der Waals surface area contributed by atoms with Crippen molar-refractivity contribution in [3.63, 3.8) is 0 Å². The number of likely N-dealkylation sites (tertiary alicyclic amines) is 1. The van der Waals surface area contributed by atoms with Crippen molar-refractivity contribution in [3.8, 4) is 0 Å². The minimum Gasteiger partial charge on any atom is -0.378 e. The van der Waals surface area contributed by atoms with Gasteiger partial charge in [0.05, 0.1) is 25.4 Å². The molecule has 0 aromatic rings. The summed E-state index contributed by atoms with van der Waals surface area (Å²) < 4.78 is 5.10. The number of ether oxygens (including phenoxy) is 1. The van der Waals surface area contributed by atoms with Crippen molar-refractivity contribution in [1.82, 2.24) is 4.90 Å². The smallest absolute Gasteiger partial charge is 0.0954 e. The van der Waals surface area contributed by atoms with Crippen LogP contribution in [-0.2, 0) is 9.84 Å². The fourth-order valence-corrected chi connectivity index (χ4v) is 1.67. The second-order valence-corrected chi connectivity index (χ2v) is 3.43. The van der Waals surface area contributed by atoms with Crippen LogP contribution in [-0.4, -0.2) is 43.3 Å². The topological polar surface area (TPSA) is 32.4 Å². The van der Waals surface area contributed by atoms with Crippen LogP contribution in [0.1, 0.15) is 12.8 Å². The average molecular weight is 156 g/mol. The van der Waals surface area contributed by atoms with Crippen molar-refractivity contribution in [2.24, 2.45) is 0 Å². The standard InChI is InChI=1S/C8H14NO2/c10-8-1-3-9(4-2-8)7-5-11-6-7/h7-8H,1-6H2. The van der Waals surface area contributed by atoms with E-state index in [-0.39, 0.29) is 6.10 Å². The third-order valence-electron chi connectivity index (χ3n) is 2.61. The van der Waals surface area contributed by atoms with Gasteiger partial charge in [0.25, 0.3) is 0 Å². The lowest BCUT2D eigenvalue weighted by Gasteiger charge is -2.40. The molecule has 2 heterocycles. The minimum absolute atomic E-state index is 0.299. The molecule has 0 aromatic heterocycles. The van der Waals surface area contributed by atoms with E-state index < -0.39 is 0 Å². The van der Waals surface area contributed by atoms with Gasteiger partial charge in [-0.05, 0) is 12.8 Å². The van der Waals surface area contributed by atoms with Gasteiger partial charge in [-0.3, -0.25) is 4.90 Å². The molecule has 3 heteroatoms. The summed E-state index contributed by atoms with van der Waals surface area (Å²) in [4.78, 5) is 2.39. The van der Waals surface area contributed by atoms with Crippen LogP contribution in [0.25, 0.3) is 0 Å². The highest BCUT2D eigenvalue weighted by Gasteiger charge is 2.29. The van der Waals surface area contributed by atoms with E-state index in [1.165, 1.54) is 0 Å². The first kappa shape index (κ1) is 7.53. The fraction of sp³-hybridized carbons (Fsp3) is 1.00. The van der Waals surface area contributed by atoms with Crippen molar-refractivity contribution < 1.29 is 9.84 Å². The van der Waals surface area contributed by atoms with Gasteiger partial charge in [-0.25, -0.2) is 5.11 Å². The van der Waals surface area contributed by atoms with Crippen LogP contribution in [0, 0.1) is 0 Å². The first-order valence-electron chi connectivity index (χ1n) is 4.34. The summed E-state index contributed by atoms with van der Waals surface area (Å²) in [6.07, 6.45) is 1.36. The van der Waals surface area contributed by atoms with Crippen molar-refractivity contribution >= 4 is 0 Å². The molecule has 0 unspecified atom stereocenters. The summed E-state index contributed by atoms with van der Waals surface area (Å²) in [6.45, 7) is 3.73. The molecule has 0 aliphatic carbocycles. The molecule has 2 fully saturated rings. The largest absolute Gasteiger partial charge is 0.378 e. The Kier molecular flexibility index (Phi) is 2.11. The van der Waals surface area contributed by atoms with E-state index in [9.17, 15) is 5.11 Å². The Labute approximate surface area is 66.9 Å². The van der Waals surface area contributed by atoms with Gasteiger partial charge in [-0.2, -0.15) is 0 Å². The quantitative estimate of drug-likeness (QED) is 0.546. The van der Waals surface area contributed by atoms with Crippen LogP contribution >= 0.6 is 0 Å².